The normalized spacial score (nSPS) is 13.5. The van der Waals surface area contributed by atoms with Gasteiger partial charge in [-0.05, 0) is 12.5 Å². The van der Waals surface area contributed by atoms with Crippen LogP contribution in [0.1, 0.15) is 17.7 Å². The van der Waals surface area contributed by atoms with Gasteiger partial charge in [0.05, 0.1) is 17.5 Å². The Morgan fingerprint density at radius 2 is 2.18 bits per heavy atom. The molecule has 0 radical (unpaired) electrons. The summed E-state index contributed by atoms with van der Waals surface area (Å²) in [6, 6.07) is 8.43. The topological polar surface area (TPSA) is 42.7 Å². The number of anilines is 1. The zero-order chi connectivity index (χ0) is 14.8. The number of rotatable bonds is 5. The minimum absolute atomic E-state index is 0.962. The summed E-state index contributed by atoms with van der Waals surface area (Å²) in [6.07, 6.45) is 6.79. The molecule has 0 amide bonds. The SMILES string of the molecule is c1ccc2c(NCCCn3ccnc3)c3c(nc2c1)CSC3. The highest BCUT2D eigenvalue weighted by Crippen LogP contribution is 2.37. The van der Waals surface area contributed by atoms with E-state index in [9.17, 15) is 0 Å². The Morgan fingerprint density at radius 3 is 3.09 bits per heavy atom. The third-order valence-electron chi connectivity index (χ3n) is 4.02. The Bertz CT molecular complexity index is 783. The number of aromatic nitrogens is 3. The van der Waals surface area contributed by atoms with Crippen molar-refractivity contribution in [1.29, 1.82) is 0 Å². The fourth-order valence-corrected chi connectivity index (χ4v) is 3.97. The van der Waals surface area contributed by atoms with Gasteiger partial charge in [-0.15, -0.1) is 0 Å². The molecule has 3 aromatic rings. The molecule has 1 aliphatic rings. The molecule has 3 heterocycles. The lowest BCUT2D eigenvalue weighted by Crippen LogP contribution is -2.08. The largest absolute Gasteiger partial charge is 0.384 e. The first kappa shape index (κ1) is 13.6. The maximum Gasteiger partial charge on any atom is 0.0945 e. The number of nitrogens with zero attached hydrogens (tertiary/aromatic N) is 3. The summed E-state index contributed by atoms with van der Waals surface area (Å²) in [5.41, 5.74) is 5.03. The van der Waals surface area contributed by atoms with Crippen LogP contribution in [-0.2, 0) is 18.1 Å². The number of pyridine rings is 1. The highest BCUT2D eigenvalue weighted by molar-refractivity contribution is 7.98. The number of fused-ring (bicyclic) bond motifs is 2. The summed E-state index contributed by atoms with van der Waals surface area (Å²) in [5.74, 6) is 2.10. The monoisotopic (exact) mass is 310 g/mol. The molecule has 0 aliphatic carbocycles. The standard InChI is InChI=1S/C17H18N4S/c1-2-5-15-13(4-1)17(14-10-22-11-16(14)20-15)19-6-3-8-21-9-7-18-12-21/h1-2,4-5,7,9,12H,3,6,8,10-11H2,(H,19,20). The molecular weight excluding hydrogens is 292 g/mol. The van der Waals surface area contributed by atoms with Gasteiger partial charge in [0.2, 0.25) is 0 Å². The maximum atomic E-state index is 4.81. The first-order valence-corrected chi connectivity index (χ1v) is 8.75. The molecule has 0 saturated carbocycles. The van der Waals surface area contributed by atoms with Crippen molar-refractivity contribution >= 4 is 28.4 Å². The van der Waals surface area contributed by atoms with Gasteiger partial charge in [-0.1, -0.05) is 18.2 Å². The van der Waals surface area contributed by atoms with Gasteiger partial charge < -0.3 is 9.88 Å². The van der Waals surface area contributed by atoms with Crippen molar-refractivity contribution < 1.29 is 0 Å². The lowest BCUT2D eigenvalue weighted by molar-refractivity contribution is 0.661. The van der Waals surface area contributed by atoms with E-state index < -0.39 is 0 Å². The van der Waals surface area contributed by atoms with Gasteiger partial charge in [0.1, 0.15) is 0 Å². The van der Waals surface area contributed by atoms with Crippen LogP contribution in [0.5, 0.6) is 0 Å². The van der Waals surface area contributed by atoms with Crippen molar-refractivity contribution in [3.05, 3.63) is 54.2 Å². The van der Waals surface area contributed by atoms with Crippen molar-refractivity contribution in [3.63, 3.8) is 0 Å². The Morgan fingerprint density at radius 1 is 1.23 bits per heavy atom. The predicted molar refractivity (Wildman–Crippen MR) is 92.1 cm³/mol. The zero-order valence-electron chi connectivity index (χ0n) is 12.3. The Kier molecular flexibility index (Phi) is 3.72. The van der Waals surface area contributed by atoms with Crippen molar-refractivity contribution in [2.75, 3.05) is 11.9 Å². The number of nitrogens with one attached hydrogen (secondary N) is 1. The van der Waals surface area contributed by atoms with Crippen molar-refractivity contribution in [2.45, 2.75) is 24.5 Å². The van der Waals surface area contributed by atoms with Crippen LogP contribution < -0.4 is 5.32 Å². The molecule has 1 aliphatic heterocycles. The quantitative estimate of drug-likeness (QED) is 0.730. The molecular formula is C17H18N4S. The molecule has 0 fully saturated rings. The first-order valence-electron chi connectivity index (χ1n) is 7.59. The smallest absolute Gasteiger partial charge is 0.0945 e. The predicted octanol–water partition coefficient (Wildman–Crippen LogP) is 3.68. The van der Waals surface area contributed by atoms with E-state index in [0.29, 0.717) is 0 Å². The van der Waals surface area contributed by atoms with Crippen molar-refractivity contribution in [1.82, 2.24) is 14.5 Å². The van der Waals surface area contributed by atoms with E-state index in [0.717, 1.165) is 36.5 Å². The lowest BCUT2D eigenvalue weighted by Gasteiger charge is -2.14. The number of aryl methyl sites for hydroxylation is 1. The van der Waals surface area contributed by atoms with Crippen LogP contribution >= 0.6 is 11.8 Å². The number of hydrogen-bond acceptors (Lipinski definition) is 4. The van der Waals surface area contributed by atoms with Crippen LogP contribution in [0.4, 0.5) is 5.69 Å². The van der Waals surface area contributed by atoms with Crippen LogP contribution in [0.15, 0.2) is 43.0 Å². The molecule has 0 unspecified atom stereocenters. The minimum atomic E-state index is 0.962. The van der Waals surface area contributed by atoms with E-state index in [1.165, 1.54) is 22.3 Å². The van der Waals surface area contributed by atoms with Crippen LogP contribution in [-0.4, -0.2) is 21.1 Å². The van der Waals surface area contributed by atoms with Gasteiger partial charge in [0.25, 0.3) is 0 Å². The van der Waals surface area contributed by atoms with E-state index in [4.69, 9.17) is 4.98 Å². The van der Waals surface area contributed by atoms with Crippen molar-refractivity contribution in [3.8, 4) is 0 Å². The minimum Gasteiger partial charge on any atom is -0.384 e. The average molecular weight is 310 g/mol. The Labute approximate surface area is 134 Å². The Hall–Kier alpha value is -2.01. The van der Waals surface area contributed by atoms with Gasteiger partial charge in [-0.3, -0.25) is 4.98 Å². The van der Waals surface area contributed by atoms with Gasteiger partial charge >= 0.3 is 0 Å². The maximum absolute atomic E-state index is 4.81. The number of para-hydroxylation sites is 1. The van der Waals surface area contributed by atoms with Crippen LogP contribution in [0, 0.1) is 0 Å². The molecule has 0 saturated heterocycles. The average Bonchev–Trinajstić information content (AvgIpc) is 3.21. The molecule has 22 heavy (non-hydrogen) atoms. The van der Waals surface area contributed by atoms with Gasteiger partial charge in [-0.25, -0.2) is 4.98 Å². The zero-order valence-corrected chi connectivity index (χ0v) is 13.1. The van der Waals surface area contributed by atoms with E-state index in [1.54, 1.807) is 0 Å². The fraction of sp³-hybridized carbons (Fsp3) is 0.294. The van der Waals surface area contributed by atoms with Gasteiger partial charge in [-0.2, -0.15) is 11.8 Å². The van der Waals surface area contributed by atoms with Crippen LogP contribution in [0.2, 0.25) is 0 Å². The van der Waals surface area contributed by atoms with E-state index in [1.807, 2.05) is 30.5 Å². The molecule has 0 spiro atoms. The highest BCUT2D eigenvalue weighted by Gasteiger charge is 2.19. The molecule has 112 valence electrons. The number of benzene rings is 1. The van der Waals surface area contributed by atoms with Crippen molar-refractivity contribution in [2.24, 2.45) is 0 Å². The first-order chi connectivity index (χ1) is 10.9. The number of hydrogen-bond donors (Lipinski definition) is 1. The second kappa shape index (κ2) is 6.01. The van der Waals surface area contributed by atoms with E-state index in [2.05, 4.69) is 39.1 Å². The summed E-state index contributed by atoms with van der Waals surface area (Å²) < 4.78 is 2.12. The Balaban J connectivity index is 1.55. The summed E-state index contributed by atoms with van der Waals surface area (Å²) in [4.78, 5) is 8.89. The van der Waals surface area contributed by atoms with E-state index in [-0.39, 0.29) is 0 Å². The van der Waals surface area contributed by atoms with Crippen LogP contribution in [0.3, 0.4) is 0 Å². The second-order valence-corrected chi connectivity index (χ2v) is 6.49. The molecule has 2 aromatic heterocycles. The fourth-order valence-electron chi connectivity index (χ4n) is 2.92. The number of imidazole rings is 1. The third kappa shape index (κ3) is 2.57. The summed E-state index contributed by atoms with van der Waals surface area (Å²) in [6.45, 7) is 1.95. The third-order valence-corrected chi connectivity index (χ3v) is 4.99. The van der Waals surface area contributed by atoms with Crippen LogP contribution in [0.25, 0.3) is 10.9 Å². The highest BCUT2D eigenvalue weighted by atomic mass is 32.2. The summed E-state index contributed by atoms with van der Waals surface area (Å²) in [5, 5.41) is 4.91. The van der Waals surface area contributed by atoms with E-state index >= 15 is 0 Å². The molecule has 1 N–H and O–H groups in total. The molecule has 4 nitrogen and oxygen atoms in total. The molecule has 1 aromatic carbocycles. The molecule has 0 bridgehead atoms. The van der Waals surface area contributed by atoms with Gasteiger partial charge in [0, 0.05) is 53.6 Å². The number of thioether (sulfide) groups is 1. The summed E-state index contributed by atoms with van der Waals surface area (Å²) in [7, 11) is 0. The molecule has 0 atom stereocenters. The second-order valence-electron chi connectivity index (χ2n) is 5.50. The summed E-state index contributed by atoms with van der Waals surface area (Å²) >= 11 is 1.95. The lowest BCUT2D eigenvalue weighted by atomic mass is 10.1. The molecule has 5 heteroatoms. The van der Waals surface area contributed by atoms with Gasteiger partial charge in [0.15, 0.2) is 0 Å². The molecule has 4 rings (SSSR count).